The van der Waals surface area contributed by atoms with E-state index < -0.39 is 11.9 Å². The van der Waals surface area contributed by atoms with E-state index >= 15 is 0 Å². The number of nitrogens with zero attached hydrogens (tertiary/aromatic N) is 1. The third kappa shape index (κ3) is 5.38. The molecule has 3 rings (SSSR count). The van der Waals surface area contributed by atoms with E-state index in [1.807, 2.05) is 0 Å². The van der Waals surface area contributed by atoms with Crippen molar-refractivity contribution in [2.45, 2.75) is 13.8 Å². The van der Waals surface area contributed by atoms with Crippen molar-refractivity contribution >= 4 is 26.1 Å². The van der Waals surface area contributed by atoms with Crippen LogP contribution in [0.1, 0.15) is 43.6 Å². The molecule has 0 fully saturated rings. The van der Waals surface area contributed by atoms with Crippen LogP contribution in [0, 0.1) is 6.92 Å². The Morgan fingerprint density at radius 3 is 2.07 bits per heavy atom. The molecule has 0 atom stereocenters. The molecule has 0 amide bonds. The number of Topliss-reactive ketones (excluding diaryl/α,β-unsaturated/α-hetero) is 1. The van der Waals surface area contributed by atoms with Crippen LogP contribution in [-0.4, -0.2) is 31.1 Å². The van der Waals surface area contributed by atoms with Gasteiger partial charge in [0.2, 0.25) is 11.8 Å². The molecule has 0 unspecified atom stereocenters. The molecule has 0 aliphatic heterocycles. The van der Waals surface area contributed by atoms with E-state index in [1.165, 1.54) is 19.1 Å². The molecule has 1 aromatic heterocycles. The van der Waals surface area contributed by atoms with Crippen molar-refractivity contribution in [3.63, 3.8) is 0 Å². The summed E-state index contributed by atoms with van der Waals surface area (Å²) in [5.41, 5.74) is 1.60. The molecule has 7 heteroatoms. The number of esters is 2. The van der Waals surface area contributed by atoms with Crippen LogP contribution >= 0.6 is 0 Å². The number of carbonyl (C=O) groups excluding carboxylic acids is 3. The van der Waals surface area contributed by atoms with Crippen LogP contribution in [0.15, 0.2) is 66.7 Å². The highest BCUT2D eigenvalue weighted by molar-refractivity contribution is 5.98. The number of hydrogen-bond acceptors (Lipinski definition) is 6. The van der Waals surface area contributed by atoms with Gasteiger partial charge in [0.05, 0.1) is 11.1 Å². The van der Waals surface area contributed by atoms with E-state index in [2.05, 4.69) is 4.98 Å². The predicted octanol–water partition coefficient (Wildman–Crippen LogP) is 3.65. The smallest absolute Gasteiger partial charge is 0.344 e. The first-order chi connectivity index (χ1) is 13.4. The average Bonchev–Trinajstić information content (AvgIpc) is 2.71. The molecule has 1 heterocycles. The Kier molecular flexibility index (Phi) is 7.03. The molecule has 3 aromatic rings. The number of ether oxygens (including phenoxy) is 2. The van der Waals surface area contributed by atoms with Gasteiger partial charge < -0.3 is 9.47 Å². The van der Waals surface area contributed by atoms with E-state index in [0.717, 1.165) is 0 Å². The standard InChI is InChI=1S/C22H17NO5.B/c1-14-11-12-19(27-21(25)16-7-4-3-5-8-16)23-20(14)28-22(26)18-10-6-9-17(13-18)15(2)24;/h3-13H,1-2H3;. The summed E-state index contributed by atoms with van der Waals surface area (Å²) in [5.74, 6) is -1.34. The Balaban J connectivity index is 0.00000300. The molecule has 2 aromatic carbocycles. The van der Waals surface area contributed by atoms with Gasteiger partial charge in [-0.25, -0.2) is 9.59 Å². The monoisotopic (exact) mass is 386 g/mol. The van der Waals surface area contributed by atoms with Crippen molar-refractivity contribution in [2.75, 3.05) is 0 Å². The van der Waals surface area contributed by atoms with Gasteiger partial charge >= 0.3 is 11.9 Å². The molecule has 6 nitrogen and oxygen atoms in total. The first kappa shape index (κ1) is 21.6. The lowest BCUT2D eigenvalue weighted by Crippen LogP contribution is -2.13. The van der Waals surface area contributed by atoms with Crippen molar-refractivity contribution in [3.05, 3.63) is 89.0 Å². The molecule has 0 bridgehead atoms. The number of ketones is 1. The largest absolute Gasteiger partial charge is 0.404 e. The van der Waals surface area contributed by atoms with Crippen LogP contribution in [0.5, 0.6) is 11.8 Å². The Labute approximate surface area is 170 Å². The topological polar surface area (TPSA) is 82.6 Å². The van der Waals surface area contributed by atoms with Gasteiger partial charge in [-0.05, 0) is 44.2 Å². The summed E-state index contributed by atoms with van der Waals surface area (Å²) in [7, 11) is 0. The van der Waals surface area contributed by atoms with Gasteiger partial charge in [0.1, 0.15) is 0 Å². The summed E-state index contributed by atoms with van der Waals surface area (Å²) in [6.45, 7) is 3.13. The molecule has 0 aliphatic carbocycles. The minimum atomic E-state index is -0.662. The number of rotatable bonds is 5. The molecular weight excluding hydrogens is 369 g/mol. The van der Waals surface area contributed by atoms with E-state index in [4.69, 9.17) is 9.47 Å². The van der Waals surface area contributed by atoms with E-state index in [1.54, 1.807) is 61.5 Å². The van der Waals surface area contributed by atoms with Crippen molar-refractivity contribution in [2.24, 2.45) is 0 Å². The fraction of sp³-hybridized carbons (Fsp3) is 0.0909. The quantitative estimate of drug-likeness (QED) is 0.378. The van der Waals surface area contributed by atoms with Gasteiger partial charge in [-0.3, -0.25) is 4.79 Å². The summed E-state index contributed by atoms with van der Waals surface area (Å²) >= 11 is 0. The number of aryl methyl sites for hydroxylation is 1. The van der Waals surface area contributed by atoms with Crippen LogP contribution in [0.4, 0.5) is 0 Å². The van der Waals surface area contributed by atoms with Gasteiger partial charge in [-0.15, -0.1) is 0 Å². The molecule has 0 N–H and O–H groups in total. The summed E-state index contributed by atoms with van der Waals surface area (Å²) in [6, 6.07) is 17.9. The van der Waals surface area contributed by atoms with Crippen molar-refractivity contribution in [1.29, 1.82) is 0 Å². The minimum Gasteiger partial charge on any atom is -0.404 e. The Morgan fingerprint density at radius 1 is 0.759 bits per heavy atom. The van der Waals surface area contributed by atoms with Crippen LogP contribution in [-0.2, 0) is 0 Å². The summed E-state index contributed by atoms with van der Waals surface area (Å²) < 4.78 is 10.6. The first-order valence-corrected chi connectivity index (χ1v) is 8.52. The second-order valence-electron chi connectivity index (χ2n) is 6.05. The lowest BCUT2D eigenvalue weighted by Gasteiger charge is -2.09. The lowest BCUT2D eigenvalue weighted by atomic mass is 10.1. The van der Waals surface area contributed by atoms with E-state index in [9.17, 15) is 14.4 Å². The summed E-state index contributed by atoms with van der Waals surface area (Å²) in [6.07, 6.45) is 0. The van der Waals surface area contributed by atoms with Crippen molar-refractivity contribution in [3.8, 4) is 11.8 Å². The number of carbonyl (C=O) groups is 3. The number of pyridine rings is 1. The maximum absolute atomic E-state index is 12.4. The normalized spacial score (nSPS) is 9.86. The maximum atomic E-state index is 12.4. The summed E-state index contributed by atoms with van der Waals surface area (Å²) in [4.78, 5) is 40.2. The molecule has 143 valence electrons. The van der Waals surface area contributed by atoms with Crippen molar-refractivity contribution < 1.29 is 23.9 Å². The zero-order valence-corrected chi connectivity index (χ0v) is 15.9. The Bertz CT molecular complexity index is 1050. The molecule has 0 aliphatic rings. The molecule has 0 spiro atoms. The lowest BCUT2D eigenvalue weighted by molar-refractivity contribution is 0.0716. The SMILES string of the molecule is CC(=O)c1cccc(C(=O)Oc2nc(OC(=O)c3ccccc3)ccc2C)c1.[B]. The zero-order chi connectivity index (χ0) is 20.1. The van der Waals surface area contributed by atoms with Gasteiger partial charge in [0, 0.05) is 25.6 Å². The zero-order valence-electron chi connectivity index (χ0n) is 15.9. The maximum Gasteiger partial charge on any atom is 0.344 e. The minimum absolute atomic E-state index is 0. The predicted molar refractivity (Wildman–Crippen MR) is 108 cm³/mol. The second-order valence-corrected chi connectivity index (χ2v) is 6.05. The van der Waals surface area contributed by atoms with Gasteiger partial charge in [0.15, 0.2) is 5.78 Å². The van der Waals surface area contributed by atoms with E-state index in [0.29, 0.717) is 16.7 Å². The highest BCUT2D eigenvalue weighted by Crippen LogP contribution is 2.21. The fourth-order valence-electron chi connectivity index (χ4n) is 2.39. The van der Waals surface area contributed by atoms with Crippen molar-refractivity contribution in [1.82, 2.24) is 4.98 Å². The van der Waals surface area contributed by atoms with Crippen LogP contribution in [0.25, 0.3) is 0 Å². The Hall–Kier alpha value is -3.74. The second kappa shape index (κ2) is 9.46. The average molecular weight is 386 g/mol. The molecule has 29 heavy (non-hydrogen) atoms. The highest BCUT2D eigenvalue weighted by atomic mass is 16.6. The molecule has 0 saturated heterocycles. The van der Waals surface area contributed by atoms with Gasteiger partial charge in [0.25, 0.3) is 0 Å². The number of hydrogen-bond donors (Lipinski definition) is 0. The molecule has 0 saturated carbocycles. The highest BCUT2D eigenvalue weighted by Gasteiger charge is 2.15. The molecule has 3 radical (unpaired) electrons. The fourth-order valence-corrected chi connectivity index (χ4v) is 2.39. The number of benzene rings is 2. The van der Waals surface area contributed by atoms with Gasteiger partial charge in [-0.2, -0.15) is 4.98 Å². The Morgan fingerprint density at radius 2 is 1.38 bits per heavy atom. The van der Waals surface area contributed by atoms with Crippen LogP contribution in [0.3, 0.4) is 0 Å². The summed E-state index contributed by atoms with van der Waals surface area (Å²) in [5, 5.41) is 0. The number of aromatic nitrogens is 1. The first-order valence-electron chi connectivity index (χ1n) is 8.52. The third-order valence-electron chi connectivity index (χ3n) is 3.93. The van der Waals surface area contributed by atoms with Gasteiger partial charge in [-0.1, -0.05) is 30.3 Å². The molecular formula is C22H17BNO5. The third-order valence-corrected chi connectivity index (χ3v) is 3.93. The van der Waals surface area contributed by atoms with Crippen LogP contribution in [0.2, 0.25) is 0 Å². The van der Waals surface area contributed by atoms with E-state index in [-0.39, 0.29) is 31.5 Å². The van der Waals surface area contributed by atoms with Crippen LogP contribution < -0.4 is 9.47 Å².